The van der Waals surface area contributed by atoms with Crippen LogP contribution in [0, 0.1) is 0 Å². The minimum atomic E-state index is -1.93. The Labute approximate surface area is 111 Å². The number of nitrogens with one attached hydrogen (secondary N) is 1. The fraction of sp³-hybridized carbons (Fsp3) is 0.538. The molecule has 1 atom stereocenters. The zero-order valence-corrected chi connectivity index (χ0v) is 11.7. The highest BCUT2D eigenvalue weighted by Crippen LogP contribution is 2.35. The van der Waals surface area contributed by atoms with E-state index in [2.05, 4.69) is 17.3 Å². The van der Waals surface area contributed by atoms with Crippen molar-refractivity contribution < 1.29 is 8.76 Å². The summed E-state index contributed by atoms with van der Waals surface area (Å²) < 4.78 is 20.9. The van der Waals surface area contributed by atoms with Crippen LogP contribution < -0.4 is 5.32 Å². The molecule has 0 spiro atoms. The van der Waals surface area contributed by atoms with Gasteiger partial charge in [-0.1, -0.05) is 18.2 Å². The first-order valence-corrected chi connectivity index (χ1v) is 7.27. The first-order valence-electron chi connectivity index (χ1n) is 6.17. The van der Waals surface area contributed by atoms with Crippen LogP contribution in [0.25, 0.3) is 0 Å². The highest BCUT2D eigenvalue weighted by atomic mass is 32.2. The van der Waals surface area contributed by atoms with Crippen molar-refractivity contribution in [3.8, 4) is 0 Å². The Kier molecular flexibility index (Phi) is 4.17. The van der Waals surface area contributed by atoms with E-state index in [1.165, 1.54) is 0 Å². The van der Waals surface area contributed by atoms with Crippen LogP contribution in [-0.4, -0.2) is 40.8 Å². The van der Waals surface area contributed by atoms with Crippen LogP contribution in [0.1, 0.15) is 18.4 Å². The summed E-state index contributed by atoms with van der Waals surface area (Å²) in [7, 11) is 4.04. The molecule has 100 valence electrons. The van der Waals surface area contributed by atoms with Crippen molar-refractivity contribution in [2.24, 2.45) is 0 Å². The Morgan fingerprint density at radius 3 is 2.50 bits per heavy atom. The van der Waals surface area contributed by atoms with E-state index in [0.717, 1.165) is 31.5 Å². The second-order valence-corrected chi connectivity index (χ2v) is 5.82. The van der Waals surface area contributed by atoms with E-state index in [4.69, 9.17) is 0 Å². The van der Waals surface area contributed by atoms with Crippen molar-refractivity contribution in [2.75, 3.05) is 27.2 Å². The minimum Gasteiger partial charge on any atom is -0.310 e. The van der Waals surface area contributed by atoms with Crippen LogP contribution in [-0.2, 0) is 16.6 Å². The molecular weight excluding hydrogens is 248 g/mol. The predicted octanol–water partition coefficient (Wildman–Crippen LogP) is 1.41. The van der Waals surface area contributed by atoms with Crippen molar-refractivity contribution in [3.05, 3.63) is 29.8 Å². The van der Waals surface area contributed by atoms with Gasteiger partial charge in [0.05, 0.1) is 4.90 Å². The number of nitrogens with zero attached hydrogens (tertiary/aromatic N) is 1. The average Bonchev–Trinajstić information content (AvgIpc) is 2.40. The second kappa shape index (κ2) is 5.48. The number of piperidine rings is 1. The maximum atomic E-state index is 11.5. The normalized spacial score (nSPS) is 21.7. The van der Waals surface area contributed by atoms with Crippen molar-refractivity contribution in [1.29, 1.82) is 0 Å². The molecule has 1 fully saturated rings. The molecule has 0 aliphatic carbocycles. The highest BCUT2D eigenvalue weighted by molar-refractivity contribution is 7.79. The molecule has 5 heteroatoms. The van der Waals surface area contributed by atoms with Gasteiger partial charge in [0, 0.05) is 5.54 Å². The fourth-order valence-electron chi connectivity index (χ4n) is 2.67. The van der Waals surface area contributed by atoms with Crippen LogP contribution in [0.3, 0.4) is 0 Å². The van der Waals surface area contributed by atoms with Gasteiger partial charge in [0.2, 0.25) is 0 Å². The van der Waals surface area contributed by atoms with Gasteiger partial charge in [0.1, 0.15) is 0 Å². The first-order chi connectivity index (χ1) is 8.59. The lowest BCUT2D eigenvalue weighted by molar-refractivity contribution is 0.162. The van der Waals surface area contributed by atoms with Crippen molar-refractivity contribution in [1.82, 2.24) is 10.2 Å². The molecule has 2 N–H and O–H groups in total. The smallest absolute Gasteiger partial charge is 0.186 e. The number of hydrogen-bond donors (Lipinski definition) is 2. The largest absolute Gasteiger partial charge is 0.310 e. The number of rotatable bonds is 3. The van der Waals surface area contributed by atoms with Gasteiger partial charge in [0.25, 0.3) is 0 Å². The summed E-state index contributed by atoms with van der Waals surface area (Å²) in [6.07, 6.45) is 1.91. The van der Waals surface area contributed by atoms with Gasteiger partial charge >= 0.3 is 0 Å². The van der Waals surface area contributed by atoms with Crippen LogP contribution in [0.5, 0.6) is 0 Å². The second-order valence-electron chi connectivity index (χ2n) is 4.88. The van der Waals surface area contributed by atoms with Gasteiger partial charge in [0.15, 0.2) is 11.1 Å². The summed E-state index contributed by atoms with van der Waals surface area (Å²) in [6, 6.07) is 7.45. The molecular formula is C13H20N2O2S. The number of benzene rings is 1. The Bertz CT molecular complexity index is 442. The summed E-state index contributed by atoms with van der Waals surface area (Å²) in [5.41, 5.74) is 0.781. The Balaban J connectivity index is 2.41. The van der Waals surface area contributed by atoms with Gasteiger partial charge in [-0.25, -0.2) is 4.21 Å². The molecule has 1 heterocycles. The van der Waals surface area contributed by atoms with Gasteiger partial charge in [-0.15, -0.1) is 0 Å². The SMILES string of the molecule is CNC1(c2ccccc2S(=O)O)CCN(C)CC1. The maximum absolute atomic E-state index is 11.5. The van der Waals surface area contributed by atoms with Gasteiger partial charge in [-0.3, -0.25) is 0 Å². The molecule has 4 nitrogen and oxygen atoms in total. The third-order valence-corrected chi connectivity index (χ3v) is 4.64. The lowest BCUT2D eigenvalue weighted by Crippen LogP contribution is -2.49. The van der Waals surface area contributed by atoms with Crippen molar-refractivity contribution in [3.63, 3.8) is 0 Å². The van der Waals surface area contributed by atoms with Crippen LogP contribution in [0.4, 0.5) is 0 Å². The molecule has 0 aromatic heterocycles. The summed E-state index contributed by atoms with van der Waals surface area (Å²) >= 11 is -1.93. The molecule has 1 aromatic rings. The minimum absolute atomic E-state index is 0.179. The summed E-state index contributed by atoms with van der Waals surface area (Å²) in [6.45, 7) is 1.99. The van der Waals surface area contributed by atoms with Gasteiger partial charge in [-0.05, 0) is 51.7 Å². The van der Waals surface area contributed by atoms with E-state index in [0.29, 0.717) is 4.90 Å². The van der Waals surface area contributed by atoms with Crippen LogP contribution >= 0.6 is 0 Å². The van der Waals surface area contributed by atoms with E-state index in [-0.39, 0.29) is 5.54 Å². The first kappa shape index (κ1) is 13.7. The standard InChI is InChI=1S/C13H20N2O2S/c1-14-13(7-9-15(2)10-8-13)11-5-3-4-6-12(11)18(16)17/h3-6,14H,7-10H2,1-2H3,(H,16,17). The van der Waals surface area contributed by atoms with E-state index in [1.807, 2.05) is 25.2 Å². The van der Waals surface area contributed by atoms with Gasteiger partial charge in [-0.2, -0.15) is 0 Å². The molecule has 0 saturated carbocycles. The number of hydrogen-bond acceptors (Lipinski definition) is 3. The Hall–Kier alpha value is -0.750. The zero-order chi connectivity index (χ0) is 13.2. The lowest BCUT2D eigenvalue weighted by atomic mass is 9.81. The average molecular weight is 268 g/mol. The van der Waals surface area contributed by atoms with Crippen molar-refractivity contribution >= 4 is 11.1 Å². The van der Waals surface area contributed by atoms with E-state index >= 15 is 0 Å². The molecule has 2 rings (SSSR count). The van der Waals surface area contributed by atoms with Crippen molar-refractivity contribution in [2.45, 2.75) is 23.3 Å². The Morgan fingerprint density at radius 1 is 1.33 bits per heavy atom. The van der Waals surface area contributed by atoms with E-state index < -0.39 is 11.1 Å². The van der Waals surface area contributed by atoms with E-state index in [9.17, 15) is 8.76 Å². The van der Waals surface area contributed by atoms with Crippen LogP contribution in [0.2, 0.25) is 0 Å². The maximum Gasteiger partial charge on any atom is 0.186 e. The highest BCUT2D eigenvalue weighted by Gasteiger charge is 2.36. The molecule has 0 amide bonds. The molecule has 0 radical (unpaired) electrons. The summed E-state index contributed by atoms with van der Waals surface area (Å²) in [5, 5.41) is 3.38. The molecule has 1 unspecified atom stereocenters. The fourth-order valence-corrected chi connectivity index (χ4v) is 3.32. The molecule has 0 bridgehead atoms. The monoisotopic (exact) mass is 268 g/mol. The summed E-state index contributed by atoms with van der Waals surface area (Å²) in [4.78, 5) is 2.81. The molecule has 1 aromatic carbocycles. The van der Waals surface area contributed by atoms with E-state index in [1.54, 1.807) is 6.07 Å². The Morgan fingerprint density at radius 2 is 1.94 bits per heavy atom. The summed E-state index contributed by atoms with van der Waals surface area (Å²) in [5.74, 6) is 0. The quantitative estimate of drug-likeness (QED) is 0.814. The molecule has 1 aliphatic heterocycles. The lowest BCUT2D eigenvalue weighted by Gasteiger charge is -2.41. The zero-order valence-electron chi connectivity index (χ0n) is 10.8. The third-order valence-electron chi connectivity index (χ3n) is 3.91. The molecule has 1 saturated heterocycles. The number of likely N-dealkylation sites (tertiary alicyclic amines) is 1. The molecule has 18 heavy (non-hydrogen) atoms. The molecule has 1 aliphatic rings. The predicted molar refractivity (Wildman–Crippen MR) is 72.9 cm³/mol. The third kappa shape index (κ3) is 2.49. The topological polar surface area (TPSA) is 52.6 Å². The van der Waals surface area contributed by atoms with Crippen LogP contribution in [0.15, 0.2) is 29.2 Å². The van der Waals surface area contributed by atoms with Gasteiger partial charge < -0.3 is 14.8 Å².